The zero-order valence-electron chi connectivity index (χ0n) is 16.5. The summed E-state index contributed by atoms with van der Waals surface area (Å²) in [6.45, 7) is 4.07. The molecule has 146 valence electrons. The number of ether oxygens (including phenoxy) is 1. The van der Waals surface area contributed by atoms with Gasteiger partial charge in [0.15, 0.2) is 0 Å². The van der Waals surface area contributed by atoms with Gasteiger partial charge < -0.3 is 10.1 Å². The summed E-state index contributed by atoms with van der Waals surface area (Å²) in [5, 5.41) is 8.64. The van der Waals surface area contributed by atoms with Crippen LogP contribution in [0.3, 0.4) is 0 Å². The highest BCUT2D eigenvalue weighted by Crippen LogP contribution is 2.34. The Balaban J connectivity index is 1.62. The molecule has 0 bridgehead atoms. The number of carbonyl (C=O) groups excluding carboxylic acids is 1. The Hall–Kier alpha value is -2.96. The topological polar surface area (TPSA) is 81.9 Å². The highest BCUT2D eigenvalue weighted by Gasteiger charge is 2.21. The number of amides is 1. The summed E-state index contributed by atoms with van der Waals surface area (Å²) < 4.78 is 7.56. The van der Waals surface area contributed by atoms with Gasteiger partial charge >= 0.3 is 0 Å². The molecule has 0 aliphatic heterocycles. The summed E-state index contributed by atoms with van der Waals surface area (Å²) in [6.07, 6.45) is 8.44. The SMILES string of the molecule is COc1cc2nn(C3CCC(C)CC3)cc2cc1NC(=O)c1ccnc(C)n1. The maximum absolute atomic E-state index is 12.6. The molecule has 0 radical (unpaired) electrons. The molecule has 7 heteroatoms. The first-order valence-corrected chi connectivity index (χ1v) is 9.71. The minimum Gasteiger partial charge on any atom is -0.494 e. The fourth-order valence-corrected chi connectivity index (χ4v) is 3.80. The fourth-order valence-electron chi connectivity index (χ4n) is 3.80. The van der Waals surface area contributed by atoms with Crippen molar-refractivity contribution in [3.63, 3.8) is 0 Å². The third-order valence-electron chi connectivity index (χ3n) is 5.46. The van der Waals surface area contributed by atoms with Crippen LogP contribution < -0.4 is 10.1 Å². The lowest BCUT2D eigenvalue weighted by Crippen LogP contribution is -2.16. The molecule has 1 aliphatic rings. The van der Waals surface area contributed by atoms with Crippen LogP contribution in [0.4, 0.5) is 5.69 Å². The molecule has 4 rings (SSSR count). The van der Waals surface area contributed by atoms with Gasteiger partial charge in [-0.2, -0.15) is 5.10 Å². The molecule has 2 aromatic heterocycles. The maximum Gasteiger partial charge on any atom is 0.274 e. The van der Waals surface area contributed by atoms with Crippen molar-refractivity contribution in [2.45, 2.75) is 45.6 Å². The highest BCUT2D eigenvalue weighted by molar-refractivity contribution is 6.05. The van der Waals surface area contributed by atoms with E-state index in [0.717, 1.165) is 29.7 Å². The third kappa shape index (κ3) is 3.69. The van der Waals surface area contributed by atoms with Crippen LogP contribution in [-0.2, 0) is 0 Å². The van der Waals surface area contributed by atoms with Gasteiger partial charge in [0.1, 0.15) is 17.3 Å². The highest BCUT2D eigenvalue weighted by atomic mass is 16.5. The Bertz CT molecular complexity index is 1010. The van der Waals surface area contributed by atoms with Crippen LogP contribution in [0.2, 0.25) is 0 Å². The Morgan fingerprint density at radius 1 is 1.25 bits per heavy atom. The van der Waals surface area contributed by atoms with E-state index in [-0.39, 0.29) is 5.91 Å². The molecule has 2 heterocycles. The minimum atomic E-state index is -0.295. The average molecular weight is 379 g/mol. The van der Waals surface area contributed by atoms with Gasteiger partial charge in [0.25, 0.3) is 5.91 Å². The van der Waals surface area contributed by atoms with E-state index < -0.39 is 0 Å². The molecule has 1 N–H and O–H groups in total. The molecule has 0 saturated heterocycles. The zero-order valence-corrected chi connectivity index (χ0v) is 16.5. The predicted molar refractivity (Wildman–Crippen MR) is 108 cm³/mol. The van der Waals surface area contributed by atoms with E-state index in [1.165, 1.54) is 12.8 Å². The van der Waals surface area contributed by atoms with Gasteiger partial charge in [0.05, 0.1) is 24.4 Å². The molecule has 0 spiro atoms. The number of nitrogens with one attached hydrogen (secondary N) is 1. The number of hydrogen-bond acceptors (Lipinski definition) is 5. The number of carbonyl (C=O) groups is 1. The van der Waals surface area contributed by atoms with Crippen molar-refractivity contribution < 1.29 is 9.53 Å². The molecule has 1 aliphatic carbocycles. The standard InChI is InChI=1S/C21H25N5O2/c1-13-4-6-16(7-5-13)26-12-15-10-19(20(28-3)11-18(15)25-26)24-21(27)17-8-9-22-14(2)23-17/h8-13,16H,4-7H2,1-3H3,(H,24,27). The zero-order chi connectivity index (χ0) is 19.7. The predicted octanol–water partition coefficient (Wildman–Crippen LogP) is 4.15. The van der Waals surface area contributed by atoms with Crippen LogP contribution in [0, 0.1) is 12.8 Å². The second kappa shape index (κ2) is 7.58. The van der Waals surface area contributed by atoms with Crippen molar-refractivity contribution in [1.82, 2.24) is 19.7 Å². The molecule has 0 unspecified atom stereocenters. The first-order chi connectivity index (χ1) is 13.5. The van der Waals surface area contributed by atoms with Crippen LogP contribution >= 0.6 is 0 Å². The van der Waals surface area contributed by atoms with Crippen molar-refractivity contribution in [3.05, 3.63) is 42.1 Å². The van der Waals surface area contributed by atoms with E-state index in [1.54, 1.807) is 26.3 Å². The second-order valence-electron chi connectivity index (χ2n) is 7.58. The van der Waals surface area contributed by atoms with Gasteiger partial charge in [-0.05, 0) is 50.7 Å². The molecule has 1 fully saturated rings. The molecule has 1 saturated carbocycles. The van der Waals surface area contributed by atoms with E-state index in [2.05, 4.69) is 33.1 Å². The number of nitrogens with zero attached hydrogens (tertiary/aromatic N) is 4. The first-order valence-electron chi connectivity index (χ1n) is 9.71. The lowest BCUT2D eigenvalue weighted by atomic mass is 9.87. The number of rotatable bonds is 4. The van der Waals surface area contributed by atoms with Crippen molar-refractivity contribution in [2.24, 2.45) is 5.92 Å². The summed E-state index contributed by atoms with van der Waals surface area (Å²) in [7, 11) is 1.59. The largest absolute Gasteiger partial charge is 0.494 e. The van der Waals surface area contributed by atoms with Gasteiger partial charge in [-0.3, -0.25) is 9.48 Å². The monoisotopic (exact) mass is 379 g/mol. The van der Waals surface area contributed by atoms with Crippen LogP contribution in [0.15, 0.2) is 30.6 Å². The number of benzene rings is 1. The smallest absolute Gasteiger partial charge is 0.274 e. The van der Waals surface area contributed by atoms with Crippen LogP contribution in [-0.4, -0.2) is 32.8 Å². The van der Waals surface area contributed by atoms with Crippen molar-refractivity contribution in [3.8, 4) is 5.75 Å². The normalized spacial score (nSPS) is 19.5. The quantitative estimate of drug-likeness (QED) is 0.736. The number of anilines is 1. The van der Waals surface area contributed by atoms with Gasteiger partial charge in [-0.25, -0.2) is 9.97 Å². The van der Waals surface area contributed by atoms with E-state index in [9.17, 15) is 4.79 Å². The van der Waals surface area contributed by atoms with Crippen molar-refractivity contribution in [2.75, 3.05) is 12.4 Å². The molecule has 7 nitrogen and oxygen atoms in total. The molecular weight excluding hydrogens is 354 g/mol. The molecular formula is C21H25N5O2. The Kier molecular flexibility index (Phi) is 4.98. The lowest BCUT2D eigenvalue weighted by Gasteiger charge is -2.26. The first kappa shape index (κ1) is 18.4. The summed E-state index contributed by atoms with van der Waals surface area (Å²) in [4.78, 5) is 20.8. The number of aryl methyl sites for hydroxylation is 1. The van der Waals surface area contributed by atoms with E-state index in [4.69, 9.17) is 9.84 Å². The minimum absolute atomic E-state index is 0.295. The van der Waals surface area contributed by atoms with Crippen LogP contribution in [0.1, 0.15) is 55.0 Å². The summed E-state index contributed by atoms with van der Waals surface area (Å²) in [5.41, 5.74) is 1.79. The fraction of sp³-hybridized carbons (Fsp3) is 0.429. The molecule has 3 aromatic rings. The average Bonchev–Trinajstić information content (AvgIpc) is 3.10. The van der Waals surface area contributed by atoms with Gasteiger partial charge in [0.2, 0.25) is 0 Å². The maximum atomic E-state index is 12.6. The van der Waals surface area contributed by atoms with Crippen LogP contribution in [0.25, 0.3) is 10.9 Å². The third-order valence-corrected chi connectivity index (χ3v) is 5.46. The second-order valence-corrected chi connectivity index (χ2v) is 7.58. The summed E-state index contributed by atoms with van der Waals surface area (Å²) >= 11 is 0. The summed E-state index contributed by atoms with van der Waals surface area (Å²) in [5.74, 6) is 1.64. The van der Waals surface area contributed by atoms with Crippen molar-refractivity contribution >= 4 is 22.5 Å². The van der Waals surface area contributed by atoms with E-state index in [1.807, 2.05) is 12.1 Å². The van der Waals surface area contributed by atoms with E-state index >= 15 is 0 Å². The number of fused-ring (bicyclic) bond motifs is 1. The summed E-state index contributed by atoms with van der Waals surface area (Å²) in [6, 6.07) is 5.82. The molecule has 28 heavy (non-hydrogen) atoms. The molecule has 1 amide bonds. The Labute approximate surface area is 164 Å². The van der Waals surface area contributed by atoms with Gasteiger partial charge in [0, 0.05) is 23.8 Å². The number of hydrogen-bond donors (Lipinski definition) is 1. The molecule has 1 aromatic carbocycles. The van der Waals surface area contributed by atoms with E-state index in [0.29, 0.717) is 29.0 Å². The molecule has 0 atom stereocenters. The van der Waals surface area contributed by atoms with Gasteiger partial charge in [-0.1, -0.05) is 6.92 Å². The van der Waals surface area contributed by atoms with Crippen LogP contribution in [0.5, 0.6) is 5.75 Å². The van der Waals surface area contributed by atoms with Gasteiger partial charge in [-0.15, -0.1) is 0 Å². The van der Waals surface area contributed by atoms with Crippen molar-refractivity contribution in [1.29, 1.82) is 0 Å². The number of methoxy groups -OCH3 is 1. The Morgan fingerprint density at radius 2 is 2.04 bits per heavy atom. The lowest BCUT2D eigenvalue weighted by molar-refractivity contribution is 0.102. The Morgan fingerprint density at radius 3 is 2.75 bits per heavy atom. The number of aromatic nitrogens is 4.